The maximum atomic E-state index is 11.7. The Morgan fingerprint density at radius 1 is 1.40 bits per heavy atom. The van der Waals surface area contributed by atoms with Crippen LogP contribution >= 0.6 is 11.6 Å². The largest absolute Gasteiger partial charge is 0.463 e. The molecule has 0 saturated carbocycles. The van der Waals surface area contributed by atoms with E-state index in [0.29, 0.717) is 11.6 Å². The molecule has 5 heteroatoms. The SMILES string of the molecule is CCCC[n+]1cn(CC(=O)OCC)c2cc(Cl)ccc21. The summed E-state index contributed by atoms with van der Waals surface area (Å²) in [5, 5.41) is 0.670. The van der Waals surface area contributed by atoms with Gasteiger partial charge in [0, 0.05) is 11.1 Å². The molecule has 0 unspecified atom stereocenters. The van der Waals surface area contributed by atoms with Crippen LogP contribution in [-0.2, 0) is 22.6 Å². The summed E-state index contributed by atoms with van der Waals surface area (Å²) in [4.78, 5) is 11.7. The fourth-order valence-electron chi connectivity index (χ4n) is 2.24. The summed E-state index contributed by atoms with van der Waals surface area (Å²) in [6.07, 6.45) is 4.20. The molecule has 0 N–H and O–H groups in total. The van der Waals surface area contributed by atoms with Gasteiger partial charge in [0.1, 0.15) is 0 Å². The molecule has 4 nitrogen and oxygen atoms in total. The molecule has 0 bridgehead atoms. The quantitative estimate of drug-likeness (QED) is 0.607. The first-order valence-corrected chi connectivity index (χ1v) is 7.37. The number of halogens is 1. The zero-order chi connectivity index (χ0) is 14.5. The van der Waals surface area contributed by atoms with E-state index in [1.54, 1.807) is 0 Å². The van der Waals surface area contributed by atoms with Gasteiger partial charge in [-0.2, -0.15) is 0 Å². The molecule has 20 heavy (non-hydrogen) atoms. The minimum Gasteiger partial charge on any atom is -0.463 e. The first kappa shape index (κ1) is 14.9. The third-order valence-electron chi connectivity index (χ3n) is 3.19. The third-order valence-corrected chi connectivity index (χ3v) is 3.43. The van der Waals surface area contributed by atoms with E-state index in [1.165, 1.54) is 0 Å². The van der Waals surface area contributed by atoms with E-state index in [4.69, 9.17) is 16.3 Å². The van der Waals surface area contributed by atoms with Crippen molar-refractivity contribution in [1.29, 1.82) is 0 Å². The van der Waals surface area contributed by atoms with Crippen molar-refractivity contribution in [3.05, 3.63) is 29.5 Å². The summed E-state index contributed by atoms with van der Waals surface area (Å²) in [7, 11) is 0. The lowest BCUT2D eigenvalue weighted by atomic mass is 10.3. The minimum absolute atomic E-state index is 0.212. The summed E-state index contributed by atoms with van der Waals surface area (Å²) in [5.41, 5.74) is 2.05. The number of benzene rings is 1. The lowest BCUT2D eigenvalue weighted by molar-refractivity contribution is -0.672. The van der Waals surface area contributed by atoms with Gasteiger partial charge in [0.2, 0.25) is 6.33 Å². The fraction of sp³-hybridized carbons (Fsp3) is 0.467. The molecular weight excluding hydrogens is 276 g/mol. The number of carbonyl (C=O) groups excluding carboxylic acids is 1. The van der Waals surface area contributed by atoms with E-state index in [2.05, 4.69) is 11.5 Å². The van der Waals surface area contributed by atoms with Crippen molar-refractivity contribution in [1.82, 2.24) is 4.57 Å². The van der Waals surface area contributed by atoms with Crippen LogP contribution in [0.4, 0.5) is 0 Å². The minimum atomic E-state index is -0.230. The Labute approximate surface area is 123 Å². The van der Waals surface area contributed by atoms with Crippen LogP contribution in [0.5, 0.6) is 0 Å². The maximum absolute atomic E-state index is 11.7. The van der Waals surface area contributed by atoms with Crippen molar-refractivity contribution in [2.75, 3.05) is 6.61 Å². The summed E-state index contributed by atoms with van der Waals surface area (Å²) in [5.74, 6) is -0.230. The highest BCUT2D eigenvalue weighted by atomic mass is 35.5. The molecule has 0 fully saturated rings. The van der Waals surface area contributed by atoms with Gasteiger partial charge in [0.25, 0.3) is 0 Å². The first-order chi connectivity index (χ1) is 9.65. The molecule has 0 saturated heterocycles. The molecule has 1 aromatic carbocycles. The van der Waals surface area contributed by atoms with Crippen LogP contribution in [0.3, 0.4) is 0 Å². The Hall–Kier alpha value is -1.55. The van der Waals surface area contributed by atoms with Crippen molar-refractivity contribution in [2.24, 2.45) is 0 Å². The van der Waals surface area contributed by atoms with E-state index in [-0.39, 0.29) is 12.5 Å². The van der Waals surface area contributed by atoms with Gasteiger partial charge >= 0.3 is 5.97 Å². The molecule has 0 atom stereocenters. The monoisotopic (exact) mass is 295 g/mol. The Kier molecular flexibility index (Phi) is 5.01. The lowest BCUT2D eigenvalue weighted by Gasteiger charge is -1.99. The zero-order valence-corrected chi connectivity index (χ0v) is 12.7. The van der Waals surface area contributed by atoms with Crippen LogP contribution in [0.2, 0.25) is 5.02 Å². The second-order valence-electron chi connectivity index (χ2n) is 4.73. The Morgan fingerprint density at radius 3 is 2.90 bits per heavy atom. The number of fused-ring (bicyclic) bond motifs is 1. The number of hydrogen-bond acceptors (Lipinski definition) is 2. The Bertz CT molecular complexity index is 607. The number of aromatic nitrogens is 2. The third kappa shape index (κ3) is 3.31. The van der Waals surface area contributed by atoms with E-state index in [0.717, 1.165) is 30.4 Å². The summed E-state index contributed by atoms with van der Waals surface area (Å²) < 4.78 is 9.07. The van der Waals surface area contributed by atoms with E-state index in [1.807, 2.05) is 36.0 Å². The molecule has 2 rings (SSSR count). The van der Waals surface area contributed by atoms with E-state index in [9.17, 15) is 4.79 Å². The Morgan fingerprint density at radius 2 is 2.20 bits per heavy atom. The topological polar surface area (TPSA) is 35.1 Å². The smallest absolute Gasteiger partial charge is 0.348 e. The number of carbonyl (C=O) groups is 1. The van der Waals surface area contributed by atoms with E-state index >= 15 is 0 Å². The average Bonchev–Trinajstić information content (AvgIpc) is 2.74. The van der Waals surface area contributed by atoms with Crippen molar-refractivity contribution < 1.29 is 14.1 Å². The molecule has 108 valence electrons. The number of hydrogen-bond donors (Lipinski definition) is 0. The summed E-state index contributed by atoms with van der Waals surface area (Å²) in [6, 6.07) is 5.76. The first-order valence-electron chi connectivity index (χ1n) is 6.99. The normalized spacial score (nSPS) is 10.9. The molecule has 0 aliphatic heterocycles. The second kappa shape index (κ2) is 6.75. The van der Waals surface area contributed by atoms with Crippen LogP contribution in [-0.4, -0.2) is 17.1 Å². The van der Waals surface area contributed by atoms with Crippen LogP contribution in [0.15, 0.2) is 24.5 Å². The highest BCUT2D eigenvalue weighted by Crippen LogP contribution is 2.17. The molecular formula is C15H20ClN2O2+. The number of nitrogens with zero attached hydrogens (tertiary/aromatic N) is 2. The van der Waals surface area contributed by atoms with Gasteiger partial charge < -0.3 is 4.74 Å². The lowest BCUT2D eigenvalue weighted by Crippen LogP contribution is -2.32. The standard InChI is InChI=1S/C15H20ClN2O2/c1-3-5-8-17-11-18(10-15(19)20-4-2)14-9-12(16)6-7-13(14)17/h6-7,9,11H,3-5,8,10H2,1-2H3/q+1. The van der Waals surface area contributed by atoms with Gasteiger partial charge in [-0.05, 0) is 25.5 Å². The molecule has 0 amide bonds. The number of imidazole rings is 1. The second-order valence-corrected chi connectivity index (χ2v) is 5.16. The summed E-state index contributed by atoms with van der Waals surface area (Å²) >= 11 is 6.06. The van der Waals surface area contributed by atoms with Crippen molar-refractivity contribution in [2.45, 2.75) is 39.8 Å². The van der Waals surface area contributed by atoms with Gasteiger partial charge in [-0.15, -0.1) is 0 Å². The molecule has 0 aliphatic rings. The van der Waals surface area contributed by atoms with E-state index < -0.39 is 0 Å². The number of ether oxygens (including phenoxy) is 1. The van der Waals surface area contributed by atoms with Crippen molar-refractivity contribution in [3.63, 3.8) is 0 Å². The van der Waals surface area contributed by atoms with Crippen LogP contribution < -0.4 is 4.57 Å². The van der Waals surface area contributed by atoms with Crippen LogP contribution in [0.1, 0.15) is 26.7 Å². The van der Waals surface area contributed by atoms with Crippen LogP contribution in [0, 0.1) is 0 Å². The van der Waals surface area contributed by atoms with Crippen molar-refractivity contribution in [3.8, 4) is 0 Å². The van der Waals surface area contributed by atoms with Gasteiger partial charge in [0.05, 0.1) is 13.2 Å². The molecule has 1 heterocycles. The molecule has 0 spiro atoms. The summed E-state index contributed by atoms with van der Waals surface area (Å²) in [6.45, 7) is 5.52. The van der Waals surface area contributed by atoms with Gasteiger partial charge in [0.15, 0.2) is 17.6 Å². The molecule has 0 aliphatic carbocycles. The highest BCUT2D eigenvalue weighted by molar-refractivity contribution is 6.31. The number of aryl methyl sites for hydroxylation is 1. The predicted molar refractivity (Wildman–Crippen MR) is 78.7 cm³/mol. The Balaban J connectivity index is 2.37. The maximum Gasteiger partial charge on any atom is 0.348 e. The van der Waals surface area contributed by atoms with Gasteiger partial charge in [-0.25, -0.2) is 13.9 Å². The fourth-order valence-corrected chi connectivity index (χ4v) is 2.41. The highest BCUT2D eigenvalue weighted by Gasteiger charge is 2.18. The number of rotatable bonds is 6. The number of unbranched alkanes of at least 4 members (excludes halogenated alkanes) is 1. The van der Waals surface area contributed by atoms with Crippen molar-refractivity contribution >= 4 is 28.6 Å². The van der Waals surface area contributed by atoms with Gasteiger partial charge in [-0.3, -0.25) is 0 Å². The average molecular weight is 296 g/mol. The van der Waals surface area contributed by atoms with Crippen LogP contribution in [0.25, 0.3) is 11.0 Å². The predicted octanol–water partition coefficient (Wildman–Crippen LogP) is 2.95. The molecule has 2 aromatic rings. The number of esters is 1. The molecule has 1 aromatic heterocycles. The van der Waals surface area contributed by atoms with Gasteiger partial charge in [-0.1, -0.05) is 24.9 Å². The molecule has 0 radical (unpaired) electrons. The zero-order valence-electron chi connectivity index (χ0n) is 11.9.